The lowest BCUT2D eigenvalue weighted by Gasteiger charge is -2.12. The van der Waals surface area contributed by atoms with Crippen molar-refractivity contribution >= 4 is 17.1 Å². The average molecular weight is 260 g/mol. The summed E-state index contributed by atoms with van der Waals surface area (Å²) < 4.78 is 18.7. The molecule has 0 fully saturated rings. The minimum Gasteiger partial charge on any atom is -0.494 e. The zero-order chi connectivity index (χ0) is 13.8. The first kappa shape index (κ1) is 13.2. The lowest BCUT2D eigenvalue weighted by Crippen LogP contribution is -1.98. The van der Waals surface area contributed by atoms with Gasteiger partial charge in [0.25, 0.3) is 0 Å². The van der Waals surface area contributed by atoms with Crippen molar-refractivity contribution in [2.75, 3.05) is 17.7 Å². The number of ether oxygens (including phenoxy) is 1. The normalized spacial score (nSPS) is 10.3. The Hall–Kier alpha value is -2.23. The van der Waals surface area contributed by atoms with Crippen LogP contribution in [0.4, 0.5) is 21.5 Å². The second kappa shape index (κ2) is 5.61. The largest absolute Gasteiger partial charge is 0.494 e. The first-order valence-corrected chi connectivity index (χ1v) is 6.15. The van der Waals surface area contributed by atoms with E-state index < -0.39 is 0 Å². The SMILES string of the molecule is CCOc1ccc(Nc2cc(F)ccc2N)cc1C. The van der Waals surface area contributed by atoms with Crippen molar-refractivity contribution in [1.29, 1.82) is 0 Å². The summed E-state index contributed by atoms with van der Waals surface area (Å²) in [6.45, 7) is 4.54. The van der Waals surface area contributed by atoms with Gasteiger partial charge in [-0.15, -0.1) is 0 Å². The number of nitrogen functional groups attached to an aromatic ring is 1. The number of halogens is 1. The van der Waals surface area contributed by atoms with Gasteiger partial charge in [0.05, 0.1) is 18.0 Å². The molecule has 0 spiro atoms. The minimum absolute atomic E-state index is 0.320. The summed E-state index contributed by atoms with van der Waals surface area (Å²) in [4.78, 5) is 0. The van der Waals surface area contributed by atoms with Gasteiger partial charge in [0.2, 0.25) is 0 Å². The fourth-order valence-corrected chi connectivity index (χ4v) is 1.84. The molecule has 0 amide bonds. The molecule has 0 aliphatic heterocycles. The molecule has 100 valence electrons. The molecular weight excluding hydrogens is 243 g/mol. The summed E-state index contributed by atoms with van der Waals surface area (Å²) >= 11 is 0. The first-order chi connectivity index (χ1) is 9.10. The molecule has 0 heterocycles. The third-order valence-corrected chi connectivity index (χ3v) is 2.77. The molecule has 3 nitrogen and oxygen atoms in total. The van der Waals surface area contributed by atoms with Crippen molar-refractivity contribution in [3.05, 3.63) is 47.8 Å². The lowest BCUT2D eigenvalue weighted by atomic mass is 10.2. The third-order valence-electron chi connectivity index (χ3n) is 2.77. The van der Waals surface area contributed by atoms with Crippen LogP contribution in [0.3, 0.4) is 0 Å². The Bertz CT molecular complexity index is 584. The molecule has 0 saturated carbocycles. The Morgan fingerprint density at radius 3 is 2.68 bits per heavy atom. The number of aryl methyl sites for hydroxylation is 1. The van der Waals surface area contributed by atoms with Crippen LogP contribution in [0.25, 0.3) is 0 Å². The molecule has 0 aliphatic rings. The van der Waals surface area contributed by atoms with Gasteiger partial charge in [0, 0.05) is 5.69 Å². The minimum atomic E-state index is -0.320. The molecule has 0 bridgehead atoms. The number of nitrogens with one attached hydrogen (secondary N) is 1. The van der Waals surface area contributed by atoms with Crippen LogP contribution in [0.2, 0.25) is 0 Å². The number of anilines is 3. The van der Waals surface area contributed by atoms with Crippen molar-refractivity contribution in [1.82, 2.24) is 0 Å². The predicted molar refractivity (Wildman–Crippen MR) is 76.4 cm³/mol. The van der Waals surface area contributed by atoms with Gasteiger partial charge in [0.1, 0.15) is 11.6 Å². The van der Waals surface area contributed by atoms with Crippen molar-refractivity contribution in [3.8, 4) is 5.75 Å². The fraction of sp³-hybridized carbons (Fsp3) is 0.200. The second-order valence-electron chi connectivity index (χ2n) is 4.27. The van der Waals surface area contributed by atoms with Gasteiger partial charge >= 0.3 is 0 Å². The van der Waals surface area contributed by atoms with E-state index in [1.165, 1.54) is 12.1 Å². The molecule has 0 radical (unpaired) electrons. The summed E-state index contributed by atoms with van der Waals surface area (Å²) in [5, 5.41) is 3.10. The van der Waals surface area contributed by atoms with Gasteiger partial charge in [-0.1, -0.05) is 0 Å². The number of benzene rings is 2. The summed E-state index contributed by atoms with van der Waals surface area (Å²) in [6, 6.07) is 9.96. The zero-order valence-corrected chi connectivity index (χ0v) is 11.0. The van der Waals surface area contributed by atoms with Gasteiger partial charge in [-0.05, 0) is 55.8 Å². The molecule has 0 atom stereocenters. The Kier molecular flexibility index (Phi) is 3.90. The van der Waals surface area contributed by atoms with Crippen molar-refractivity contribution < 1.29 is 9.13 Å². The number of nitrogens with two attached hydrogens (primary N) is 1. The Labute approximate surface area is 112 Å². The van der Waals surface area contributed by atoms with Gasteiger partial charge < -0.3 is 15.8 Å². The van der Waals surface area contributed by atoms with E-state index in [2.05, 4.69) is 5.32 Å². The second-order valence-corrected chi connectivity index (χ2v) is 4.27. The Balaban J connectivity index is 2.24. The molecule has 2 aromatic rings. The fourth-order valence-electron chi connectivity index (χ4n) is 1.84. The van der Waals surface area contributed by atoms with E-state index in [9.17, 15) is 4.39 Å². The quantitative estimate of drug-likeness (QED) is 0.821. The van der Waals surface area contributed by atoms with Gasteiger partial charge in [0.15, 0.2) is 0 Å². The monoisotopic (exact) mass is 260 g/mol. The van der Waals surface area contributed by atoms with E-state index in [1.54, 1.807) is 6.07 Å². The molecular formula is C15H17FN2O. The molecule has 0 saturated heterocycles. The van der Waals surface area contributed by atoms with Crippen LogP contribution < -0.4 is 15.8 Å². The van der Waals surface area contributed by atoms with E-state index >= 15 is 0 Å². The molecule has 0 aromatic heterocycles. The molecule has 0 aliphatic carbocycles. The van der Waals surface area contributed by atoms with Crippen LogP contribution in [0, 0.1) is 12.7 Å². The van der Waals surface area contributed by atoms with Crippen LogP contribution in [-0.2, 0) is 0 Å². The molecule has 3 N–H and O–H groups in total. The van der Waals surface area contributed by atoms with Crippen molar-refractivity contribution in [2.24, 2.45) is 0 Å². The van der Waals surface area contributed by atoms with Crippen LogP contribution in [0.1, 0.15) is 12.5 Å². The molecule has 0 unspecified atom stereocenters. The highest BCUT2D eigenvalue weighted by Gasteiger charge is 2.04. The first-order valence-electron chi connectivity index (χ1n) is 6.15. The number of hydrogen-bond donors (Lipinski definition) is 2. The van der Waals surface area contributed by atoms with Crippen LogP contribution >= 0.6 is 0 Å². The maximum Gasteiger partial charge on any atom is 0.125 e. The maximum absolute atomic E-state index is 13.2. The topological polar surface area (TPSA) is 47.3 Å². The highest BCUT2D eigenvalue weighted by molar-refractivity contribution is 5.73. The van der Waals surface area contributed by atoms with Crippen LogP contribution in [-0.4, -0.2) is 6.61 Å². The van der Waals surface area contributed by atoms with Crippen molar-refractivity contribution in [3.63, 3.8) is 0 Å². The summed E-state index contributed by atoms with van der Waals surface area (Å²) in [5.41, 5.74) is 8.73. The predicted octanol–water partition coefficient (Wildman–Crippen LogP) is 3.86. The Morgan fingerprint density at radius 2 is 2.00 bits per heavy atom. The zero-order valence-electron chi connectivity index (χ0n) is 11.0. The number of rotatable bonds is 4. The lowest BCUT2D eigenvalue weighted by molar-refractivity contribution is 0.338. The van der Waals surface area contributed by atoms with Crippen LogP contribution in [0.5, 0.6) is 5.75 Å². The van der Waals surface area contributed by atoms with Gasteiger partial charge in [-0.25, -0.2) is 4.39 Å². The maximum atomic E-state index is 13.2. The summed E-state index contributed by atoms with van der Waals surface area (Å²) in [7, 11) is 0. The number of hydrogen-bond acceptors (Lipinski definition) is 3. The van der Waals surface area contributed by atoms with Gasteiger partial charge in [-0.2, -0.15) is 0 Å². The standard InChI is InChI=1S/C15H17FN2O/c1-3-19-15-7-5-12(8-10(15)2)18-14-9-11(16)4-6-13(14)17/h4-9,18H,3,17H2,1-2H3. The van der Waals surface area contributed by atoms with E-state index in [0.717, 1.165) is 17.0 Å². The smallest absolute Gasteiger partial charge is 0.125 e. The highest BCUT2D eigenvalue weighted by atomic mass is 19.1. The summed E-state index contributed by atoms with van der Waals surface area (Å²) in [5.74, 6) is 0.527. The van der Waals surface area contributed by atoms with E-state index in [4.69, 9.17) is 10.5 Å². The van der Waals surface area contributed by atoms with E-state index in [-0.39, 0.29) is 5.82 Å². The third kappa shape index (κ3) is 3.16. The molecule has 2 aromatic carbocycles. The Morgan fingerprint density at radius 1 is 1.21 bits per heavy atom. The molecule has 19 heavy (non-hydrogen) atoms. The highest BCUT2D eigenvalue weighted by Crippen LogP contribution is 2.27. The average Bonchev–Trinajstić information content (AvgIpc) is 2.37. The van der Waals surface area contributed by atoms with Gasteiger partial charge in [-0.3, -0.25) is 0 Å². The van der Waals surface area contributed by atoms with E-state index in [1.807, 2.05) is 32.0 Å². The van der Waals surface area contributed by atoms with Crippen LogP contribution in [0.15, 0.2) is 36.4 Å². The van der Waals surface area contributed by atoms with Crippen molar-refractivity contribution in [2.45, 2.75) is 13.8 Å². The summed E-state index contributed by atoms with van der Waals surface area (Å²) in [6.07, 6.45) is 0. The molecule has 4 heteroatoms. The molecule has 2 rings (SSSR count). The van der Waals surface area contributed by atoms with E-state index in [0.29, 0.717) is 18.0 Å².